The Morgan fingerprint density at radius 3 is 2.13 bits per heavy atom. The highest BCUT2D eigenvalue weighted by atomic mass is 16.3. The summed E-state index contributed by atoms with van der Waals surface area (Å²) in [5.74, 6) is 0. The standard InChI is InChI=1S/C20H26N2O/c23-20(16-22-14-12-21-13-15-22)19-10-8-18(9-11-19)7-6-17-4-2-1-3-5-17/h1-5,8-11,20-21,23H,6-7,12-16H2. The van der Waals surface area contributed by atoms with Gasteiger partial charge in [0, 0.05) is 32.7 Å². The summed E-state index contributed by atoms with van der Waals surface area (Å²) in [6.45, 7) is 4.81. The molecule has 1 aliphatic heterocycles. The number of β-amino-alcohol motifs (C(OH)–C–C–N with tert-alkyl or cyclic N) is 1. The molecule has 122 valence electrons. The average molecular weight is 310 g/mol. The van der Waals surface area contributed by atoms with Gasteiger partial charge in [-0.05, 0) is 29.5 Å². The topological polar surface area (TPSA) is 35.5 Å². The van der Waals surface area contributed by atoms with Gasteiger partial charge in [-0.1, -0.05) is 54.6 Å². The van der Waals surface area contributed by atoms with Crippen LogP contribution in [0.15, 0.2) is 54.6 Å². The second-order valence-electron chi connectivity index (χ2n) is 6.29. The highest BCUT2D eigenvalue weighted by Gasteiger charge is 2.15. The van der Waals surface area contributed by atoms with Crippen molar-refractivity contribution >= 4 is 0 Å². The molecule has 0 amide bonds. The number of aryl methyl sites for hydroxylation is 2. The second kappa shape index (κ2) is 8.25. The maximum absolute atomic E-state index is 10.4. The lowest BCUT2D eigenvalue weighted by atomic mass is 10.0. The number of hydrogen-bond acceptors (Lipinski definition) is 3. The third kappa shape index (κ3) is 4.90. The van der Waals surface area contributed by atoms with Crippen LogP contribution in [-0.2, 0) is 12.8 Å². The number of piperazine rings is 1. The minimum Gasteiger partial charge on any atom is -0.387 e. The van der Waals surface area contributed by atoms with Crippen LogP contribution in [-0.4, -0.2) is 42.7 Å². The van der Waals surface area contributed by atoms with Crippen LogP contribution in [0.25, 0.3) is 0 Å². The van der Waals surface area contributed by atoms with E-state index >= 15 is 0 Å². The predicted octanol–water partition coefficient (Wildman–Crippen LogP) is 2.41. The minimum atomic E-state index is -0.392. The van der Waals surface area contributed by atoms with Crippen LogP contribution >= 0.6 is 0 Å². The van der Waals surface area contributed by atoms with Crippen molar-refractivity contribution in [1.29, 1.82) is 0 Å². The molecule has 0 spiro atoms. The molecule has 0 saturated carbocycles. The fraction of sp³-hybridized carbons (Fsp3) is 0.400. The zero-order valence-electron chi connectivity index (χ0n) is 13.6. The zero-order chi connectivity index (χ0) is 15.9. The summed E-state index contributed by atoms with van der Waals surface area (Å²) in [6.07, 6.45) is 1.71. The lowest BCUT2D eigenvalue weighted by Gasteiger charge is -2.29. The molecule has 3 nitrogen and oxygen atoms in total. The van der Waals surface area contributed by atoms with E-state index in [0.717, 1.165) is 51.1 Å². The van der Waals surface area contributed by atoms with Crippen LogP contribution in [0.4, 0.5) is 0 Å². The first-order valence-electron chi connectivity index (χ1n) is 8.55. The molecule has 1 heterocycles. The van der Waals surface area contributed by atoms with Gasteiger partial charge in [-0.25, -0.2) is 0 Å². The molecule has 1 unspecified atom stereocenters. The van der Waals surface area contributed by atoms with Gasteiger partial charge in [0.1, 0.15) is 0 Å². The number of aliphatic hydroxyl groups excluding tert-OH is 1. The third-order valence-electron chi connectivity index (χ3n) is 4.55. The Balaban J connectivity index is 1.51. The van der Waals surface area contributed by atoms with Crippen molar-refractivity contribution < 1.29 is 5.11 Å². The SMILES string of the molecule is OC(CN1CCNCC1)c1ccc(CCc2ccccc2)cc1. The predicted molar refractivity (Wildman–Crippen MR) is 94.6 cm³/mol. The Bertz CT molecular complexity index is 576. The Kier molecular flexibility index (Phi) is 5.81. The molecule has 0 radical (unpaired) electrons. The third-order valence-corrected chi connectivity index (χ3v) is 4.55. The van der Waals surface area contributed by atoms with Gasteiger partial charge in [0.2, 0.25) is 0 Å². The molecule has 3 heteroatoms. The molecule has 1 saturated heterocycles. The highest BCUT2D eigenvalue weighted by molar-refractivity contribution is 5.26. The average Bonchev–Trinajstić information content (AvgIpc) is 2.62. The van der Waals surface area contributed by atoms with E-state index in [-0.39, 0.29) is 0 Å². The molecular weight excluding hydrogens is 284 g/mol. The summed E-state index contributed by atoms with van der Waals surface area (Å²) in [6, 6.07) is 19.0. The van der Waals surface area contributed by atoms with E-state index in [4.69, 9.17) is 0 Å². The fourth-order valence-electron chi connectivity index (χ4n) is 3.08. The van der Waals surface area contributed by atoms with E-state index in [1.165, 1.54) is 11.1 Å². The number of nitrogens with one attached hydrogen (secondary N) is 1. The Morgan fingerprint density at radius 2 is 1.48 bits per heavy atom. The lowest BCUT2D eigenvalue weighted by molar-refractivity contribution is 0.105. The first-order valence-corrected chi connectivity index (χ1v) is 8.55. The van der Waals surface area contributed by atoms with Crippen LogP contribution in [0.1, 0.15) is 22.8 Å². The van der Waals surface area contributed by atoms with Crippen LogP contribution in [0.5, 0.6) is 0 Å². The lowest BCUT2D eigenvalue weighted by Crippen LogP contribution is -2.44. The van der Waals surface area contributed by atoms with Crippen LogP contribution in [0.3, 0.4) is 0 Å². The molecule has 0 aromatic heterocycles. The number of aliphatic hydroxyl groups is 1. The Hall–Kier alpha value is -1.68. The smallest absolute Gasteiger partial charge is 0.0916 e. The monoisotopic (exact) mass is 310 g/mol. The largest absolute Gasteiger partial charge is 0.387 e. The second-order valence-corrected chi connectivity index (χ2v) is 6.29. The molecule has 0 bridgehead atoms. The number of rotatable bonds is 6. The maximum Gasteiger partial charge on any atom is 0.0916 e. The molecule has 1 atom stereocenters. The quantitative estimate of drug-likeness (QED) is 0.860. The van der Waals surface area contributed by atoms with Crippen molar-refractivity contribution in [3.8, 4) is 0 Å². The number of hydrogen-bond donors (Lipinski definition) is 2. The fourth-order valence-corrected chi connectivity index (χ4v) is 3.08. The molecule has 1 fully saturated rings. The summed E-state index contributed by atoms with van der Waals surface area (Å²) in [5, 5.41) is 13.7. The molecular formula is C20H26N2O. The summed E-state index contributed by atoms with van der Waals surface area (Å²) >= 11 is 0. The van der Waals surface area contributed by atoms with Crippen molar-refractivity contribution in [2.75, 3.05) is 32.7 Å². The Morgan fingerprint density at radius 1 is 0.870 bits per heavy atom. The van der Waals surface area contributed by atoms with Crippen molar-refractivity contribution in [2.45, 2.75) is 18.9 Å². The summed E-state index contributed by atoms with van der Waals surface area (Å²) in [5.41, 5.74) is 3.72. The van der Waals surface area contributed by atoms with Crippen molar-refractivity contribution in [1.82, 2.24) is 10.2 Å². The van der Waals surface area contributed by atoms with Gasteiger partial charge < -0.3 is 10.4 Å². The molecule has 2 aromatic carbocycles. The van der Waals surface area contributed by atoms with Gasteiger partial charge in [-0.15, -0.1) is 0 Å². The van der Waals surface area contributed by atoms with Crippen molar-refractivity contribution in [3.63, 3.8) is 0 Å². The summed E-state index contributed by atoms with van der Waals surface area (Å²) < 4.78 is 0. The van der Waals surface area contributed by atoms with E-state index < -0.39 is 6.10 Å². The summed E-state index contributed by atoms with van der Waals surface area (Å²) in [7, 11) is 0. The summed E-state index contributed by atoms with van der Waals surface area (Å²) in [4.78, 5) is 2.32. The highest BCUT2D eigenvalue weighted by Crippen LogP contribution is 2.16. The van der Waals surface area contributed by atoms with Crippen molar-refractivity contribution in [2.24, 2.45) is 0 Å². The maximum atomic E-state index is 10.4. The van der Waals surface area contributed by atoms with E-state index in [9.17, 15) is 5.11 Å². The molecule has 2 aromatic rings. The van der Waals surface area contributed by atoms with Gasteiger partial charge in [-0.3, -0.25) is 4.90 Å². The van der Waals surface area contributed by atoms with E-state index in [1.54, 1.807) is 0 Å². The molecule has 23 heavy (non-hydrogen) atoms. The van der Waals surface area contributed by atoms with E-state index in [0.29, 0.717) is 0 Å². The van der Waals surface area contributed by atoms with Crippen LogP contribution < -0.4 is 5.32 Å². The van der Waals surface area contributed by atoms with Crippen LogP contribution in [0.2, 0.25) is 0 Å². The number of nitrogens with zero attached hydrogens (tertiary/aromatic N) is 1. The van der Waals surface area contributed by atoms with E-state index in [2.05, 4.69) is 64.8 Å². The molecule has 1 aliphatic rings. The first-order chi connectivity index (χ1) is 11.3. The minimum absolute atomic E-state index is 0.392. The van der Waals surface area contributed by atoms with Crippen LogP contribution in [0, 0.1) is 0 Å². The Labute approximate surface area is 139 Å². The normalized spacial score (nSPS) is 17.1. The van der Waals surface area contributed by atoms with Gasteiger partial charge >= 0.3 is 0 Å². The van der Waals surface area contributed by atoms with Gasteiger partial charge in [0.25, 0.3) is 0 Å². The van der Waals surface area contributed by atoms with Gasteiger partial charge in [0.15, 0.2) is 0 Å². The van der Waals surface area contributed by atoms with Gasteiger partial charge in [-0.2, -0.15) is 0 Å². The molecule has 3 rings (SSSR count). The molecule has 0 aliphatic carbocycles. The van der Waals surface area contributed by atoms with Gasteiger partial charge in [0.05, 0.1) is 6.10 Å². The molecule has 2 N–H and O–H groups in total. The number of benzene rings is 2. The van der Waals surface area contributed by atoms with Crippen molar-refractivity contribution in [3.05, 3.63) is 71.3 Å². The zero-order valence-corrected chi connectivity index (χ0v) is 13.6. The first kappa shape index (κ1) is 16.2. The van der Waals surface area contributed by atoms with E-state index in [1.807, 2.05) is 0 Å².